The molecule has 0 amide bonds. The second-order valence-electron chi connectivity index (χ2n) is 5.65. The molecule has 0 aliphatic rings. The van der Waals surface area contributed by atoms with Gasteiger partial charge in [0.25, 0.3) is 11.5 Å². The first-order valence-electron chi connectivity index (χ1n) is 8.13. The summed E-state index contributed by atoms with van der Waals surface area (Å²) in [7, 11) is 0. The summed E-state index contributed by atoms with van der Waals surface area (Å²) in [6.07, 6.45) is 2.03. The van der Waals surface area contributed by atoms with Crippen LogP contribution < -0.4 is 10.3 Å². The molecule has 0 fully saturated rings. The van der Waals surface area contributed by atoms with E-state index in [1.54, 1.807) is 48.5 Å². The van der Waals surface area contributed by atoms with Crippen LogP contribution in [-0.2, 0) is 0 Å². The first-order chi connectivity index (χ1) is 12.1. The fraction of sp³-hybridized carbons (Fsp3) is 0.211. The molecule has 0 spiro atoms. The number of para-hydroxylation sites is 1. The van der Waals surface area contributed by atoms with Gasteiger partial charge in [-0.3, -0.25) is 9.59 Å². The Balaban J connectivity index is 1.94. The van der Waals surface area contributed by atoms with E-state index in [0.29, 0.717) is 28.8 Å². The second kappa shape index (κ2) is 7.44. The third-order valence-electron chi connectivity index (χ3n) is 3.88. The van der Waals surface area contributed by atoms with Crippen molar-refractivity contribution in [3.05, 3.63) is 69.2 Å². The molecule has 1 N–H and O–H groups in total. The number of ether oxygens (including phenoxy) is 1. The number of hydrogen-bond donors (Lipinski definition) is 1. The van der Waals surface area contributed by atoms with Gasteiger partial charge in [0, 0.05) is 5.56 Å². The highest BCUT2D eigenvalue weighted by molar-refractivity contribution is 7.71. The number of aromatic nitrogens is 2. The van der Waals surface area contributed by atoms with E-state index in [-0.39, 0.29) is 4.77 Å². The van der Waals surface area contributed by atoms with Crippen molar-refractivity contribution >= 4 is 29.0 Å². The number of aromatic amines is 1. The molecule has 1 aromatic heterocycles. The van der Waals surface area contributed by atoms with E-state index in [1.807, 2.05) is 0 Å². The number of H-pyrrole nitrogens is 1. The molecule has 0 saturated heterocycles. The number of unbranched alkanes of at least 4 members (excludes halogenated alkanes) is 1. The van der Waals surface area contributed by atoms with Crippen molar-refractivity contribution in [1.82, 2.24) is 9.55 Å². The summed E-state index contributed by atoms with van der Waals surface area (Å²) < 4.78 is 6.66. The normalized spacial score (nSPS) is 10.8. The van der Waals surface area contributed by atoms with E-state index >= 15 is 0 Å². The molecule has 0 radical (unpaired) electrons. The number of fused-ring (bicyclic) bond motifs is 1. The minimum atomic E-state index is -0.461. The van der Waals surface area contributed by atoms with Crippen molar-refractivity contribution in [3.63, 3.8) is 0 Å². The van der Waals surface area contributed by atoms with Crippen molar-refractivity contribution in [1.29, 1.82) is 0 Å². The van der Waals surface area contributed by atoms with Crippen LogP contribution >= 0.6 is 12.2 Å². The van der Waals surface area contributed by atoms with E-state index in [4.69, 9.17) is 17.0 Å². The predicted molar refractivity (Wildman–Crippen MR) is 100.0 cm³/mol. The first kappa shape index (κ1) is 17.1. The number of benzene rings is 2. The standard InChI is InChI=1S/C19H18N2O3S/c1-2-3-12-24-14-10-8-13(9-11-14)17(22)21-18(23)15-6-4-5-7-16(15)20-19(21)25/h4-11H,2-3,12H2,1H3,(H,20,25). The van der Waals surface area contributed by atoms with Crippen LogP contribution in [0.15, 0.2) is 53.3 Å². The number of rotatable bonds is 5. The van der Waals surface area contributed by atoms with Gasteiger partial charge in [-0.25, -0.2) is 4.57 Å². The summed E-state index contributed by atoms with van der Waals surface area (Å²) in [4.78, 5) is 28.3. The fourth-order valence-electron chi connectivity index (χ4n) is 2.50. The molecule has 1 heterocycles. The SMILES string of the molecule is CCCCOc1ccc(C(=O)n2c(=S)[nH]c3ccccc3c2=O)cc1. The number of carbonyl (C=O) groups excluding carboxylic acids is 1. The van der Waals surface area contributed by atoms with Gasteiger partial charge < -0.3 is 9.72 Å². The molecule has 0 aliphatic carbocycles. The second-order valence-corrected chi connectivity index (χ2v) is 6.03. The van der Waals surface area contributed by atoms with Crippen LogP contribution in [0.1, 0.15) is 30.1 Å². The molecule has 0 bridgehead atoms. The van der Waals surface area contributed by atoms with E-state index in [1.165, 1.54) is 0 Å². The Bertz CT molecular complexity index is 1020. The van der Waals surface area contributed by atoms with Gasteiger partial charge in [-0.05, 0) is 55.0 Å². The number of carbonyl (C=O) groups is 1. The maximum atomic E-state index is 12.7. The van der Waals surface area contributed by atoms with Crippen LogP contribution in [0.3, 0.4) is 0 Å². The third-order valence-corrected chi connectivity index (χ3v) is 4.16. The number of hydrogen-bond acceptors (Lipinski definition) is 4. The molecule has 25 heavy (non-hydrogen) atoms. The van der Waals surface area contributed by atoms with Crippen LogP contribution in [0.4, 0.5) is 0 Å². The molecule has 6 heteroatoms. The largest absolute Gasteiger partial charge is 0.494 e. The zero-order valence-electron chi connectivity index (χ0n) is 13.8. The fourth-order valence-corrected chi connectivity index (χ4v) is 2.78. The van der Waals surface area contributed by atoms with Crippen molar-refractivity contribution in [2.45, 2.75) is 19.8 Å². The lowest BCUT2D eigenvalue weighted by Crippen LogP contribution is -2.29. The number of nitrogens with zero attached hydrogens (tertiary/aromatic N) is 1. The van der Waals surface area contributed by atoms with Crippen molar-refractivity contribution in [3.8, 4) is 5.75 Å². The van der Waals surface area contributed by atoms with Crippen LogP contribution in [0.25, 0.3) is 10.9 Å². The lowest BCUT2D eigenvalue weighted by Gasteiger charge is -2.08. The molecule has 128 valence electrons. The van der Waals surface area contributed by atoms with Crippen LogP contribution in [0.2, 0.25) is 0 Å². The van der Waals surface area contributed by atoms with Crippen molar-refractivity contribution in [2.24, 2.45) is 0 Å². The smallest absolute Gasteiger partial charge is 0.269 e. The quantitative estimate of drug-likeness (QED) is 0.557. The average Bonchev–Trinajstić information content (AvgIpc) is 2.62. The summed E-state index contributed by atoms with van der Waals surface area (Å²) in [6.45, 7) is 2.73. The Labute approximate surface area is 149 Å². The van der Waals surface area contributed by atoms with E-state index in [0.717, 1.165) is 17.4 Å². The van der Waals surface area contributed by atoms with Crippen LogP contribution in [0, 0.1) is 4.77 Å². The first-order valence-corrected chi connectivity index (χ1v) is 8.54. The van der Waals surface area contributed by atoms with E-state index in [9.17, 15) is 9.59 Å². The highest BCUT2D eigenvalue weighted by Gasteiger charge is 2.14. The average molecular weight is 354 g/mol. The molecule has 3 rings (SSSR count). The minimum Gasteiger partial charge on any atom is -0.494 e. The topological polar surface area (TPSA) is 64.1 Å². The van der Waals surface area contributed by atoms with Crippen LogP contribution in [-0.4, -0.2) is 22.1 Å². The predicted octanol–water partition coefficient (Wildman–Crippen LogP) is 3.93. The van der Waals surface area contributed by atoms with E-state index < -0.39 is 11.5 Å². The Morgan fingerprint density at radius 1 is 1.16 bits per heavy atom. The molecule has 0 unspecified atom stereocenters. The minimum absolute atomic E-state index is 0.0805. The zero-order chi connectivity index (χ0) is 17.8. The summed E-state index contributed by atoms with van der Waals surface area (Å²) in [5.74, 6) is 0.234. The van der Waals surface area contributed by atoms with Gasteiger partial charge >= 0.3 is 0 Å². The Morgan fingerprint density at radius 2 is 1.88 bits per heavy atom. The summed E-state index contributed by atoms with van der Waals surface area (Å²) >= 11 is 5.20. The summed E-state index contributed by atoms with van der Waals surface area (Å²) in [5, 5.41) is 0.420. The van der Waals surface area contributed by atoms with Gasteiger partial charge in [0.2, 0.25) is 0 Å². The van der Waals surface area contributed by atoms with Gasteiger partial charge in [0.15, 0.2) is 4.77 Å². The Morgan fingerprint density at radius 3 is 2.60 bits per heavy atom. The third kappa shape index (κ3) is 3.53. The highest BCUT2D eigenvalue weighted by atomic mass is 32.1. The van der Waals surface area contributed by atoms with Gasteiger partial charge in [0.1, 0.15) is 5.75 Å². The van der Waals surface area contributed by atoms with Gasteiger partial charge in [-0.1, -0.05) is 25.5 Å². The molecular weight excluding hydrogens is 336 g/mol. The zero-order valence-corrected chi connectivity index (χ0v) is 14.6. The molecule has 0 saturated carbocycles. The molecule has 2 aromatic carbocycles. The monoisotopic (exact) mass is 354 g/mol. The van der Waals surface area contributed by atoms with Crippen molar-refractivity contribution < 1.29 is 9.53 Å². The van der Waals surface area contributed by atoms with E-state index in [2.05, 4.69) is 11.9 Å². The van der Waals surface area contributed by atoms with Crippen molar-refractivity contribution in [2.75, 3.05) is 6.61 Å². The van der Waals surface area contributed by atoms with Gasteiger partial charge in [-0.15, -0.1) is 0 Å². The molecule has 3 aromatic rings. The van der Waals surface area contributed by atoms with Gasteiger partial charge in [0.05, 0.1) is 17.5 Å². The Hall–Kier alpha value is -2.73. The molecule has 0 atom stereocenters. The summed E-state index contributed by atoms with van der Waals surface area (Å²) in [6, 6.07) is 13.7. The lowest BCUT2D eigenvalue weighted by molar-refractivity contribution is 0.0953. The van der Waals surface area contributed by atoms with Crippen LogP contribution in [0.5, 0.6) is 5.75 Å². The maximum absolute atomic E-state index is 12.7. The summed E-state index contributed by atoms with van der Waals surface area (Å²) in [5.41, 5.74) is 0.563. The van der Waals surface area contributed by atoms with Gasteiger partial charge in [-0.2, -0.15) is 0 Å². The molecule has 5 nitrogen and oxygen atoms in total. The maximum Gasteiger partial charge on any atom is 0.269 e. The number of nitrogens with one attached hydrogen (secondary N) is 1. The molecular formula is C19H18N2O3S. The molecule has 0 aliphatic heterocycles. The Kier molecular flexibility index (Phi) is 5.09. The highest BCUT2D eigenvalue weighted by Crippen LogP contribution is 2.14. The lowest BCUT2D eigenvalue weighted by atomic mass is 10.2.